The van der Waals surface area contributed by atoms with Crippen LogP contribution in [0.1, 0.15) is 0 Å². The summed E-state index contributed by atoms with van der Waals surface area (Å²) in [6.07, 6.45) is 0. The number of carbonyl (C=O) groups is 4. The van der Waals surface area contributed by atoms with E-state index in [4.69, 9.17) is 0 Å². The Bertz CT molecular complexity index is 195. The number of hydrogen-bond donors (Lipinski definition) is 0. The molecule has 0 aromatic carbocycles. The third-order valence-corrected chi connectivity index (χ3v) is 0.907. The zero-order valence-electron chi connectivity index (χ0n) is 4.39. The molecule has 6 heteroatoms. The van der Waals surface area contributed by atoms with Crippen LogP contribution in [0.15, 0.2) is 0 Å². The molecule has 0 aliphatic heterocycles. The molecule has 0 amide bonds. The molecule has 0 spiro atoms. The Morgan fingerprint density at radius 3 is 1.00 bits per heavy atom. The highest BCUT2D eigenvalue weighted by Gasteiger charge is 2.25. The number of Topliss-reactive ketones (excluding diaryl/α,β-unsaturated/α-hetero) is 2. The SMILES string of the molecule is O=C(Cl)C(=O)C(=O)C(=O)Cl. The van der Waals surface area contributed by atoms with E-state index in [1.807, 2.05) is 0 Å². The fourth-order valence-corrected chi connectivity index (χ4v) is 0.350. The molecule has 10 heavy (non-hydrogen) atoms. The van der Waals surface area contributed by atoms with Crippen LogP contribution in [0.3, 0.4) is 0 Å². The van der Waals surface area contributed by atoms with Gasteiger partial charge in [-0.1, -0.05) is 0 Å². The standard InChI is InChI=1S/C4Cl2O4/c5-3(9)1(7)2(8)4(6)10. The lowest BCUT2D eigenvalue weighted by atomic mass is 10.3. The van der Waals surface area contributed by atoms with Crippen LogP contribution >= 0.6 is 23.2 Å². The Morgan fingerprint density at radius 1 is 0.700 bits per heavy atom. The molecule has 0 radical (unpaired) electrons. The van der Waals surface area contributed by atoms with Crippen molar-refractivity contribution in [3.63, 3.8) is 0 Å². The number of carbonyl (C=O) groups excluding carboxylic acids is 4. The van der Waals surface area contributed by atoms with Crippen molar-refractivity contribution in [1.82, 2.24) is 0 Å². The lowest BCUT2D eigenvalue weighted by molar-refractivity contribution is -0.144. The van der Waals surface area contributed by atoms with Gasteiger partial charge in [0.2, 0.25) is 0 Å². The maximum absolute atomic E-state index is 10.1. The molecule has 0 aliphatic carbocycles. The molecule has 54 valence electrons. The molecule has 0 unspecified atom stereocenters. The summed E-state index contributed by atoms with van der Waals surface area (Å²) in [4.78, 5) is 40.0. The molecule has 0 fully saturated rings. The summed E-state index contributed by atoms with van der Waals surface area (Å²) in [5.41, 5.74) is 0. The highest BCUT2D eigenvalue weighted by atomic mass is 35.5. The minimum Gasteiger partial charge on any atom is -0.280 e. The average Bonchev–Trinajstić information content (AvgIpc) is 1.84. The molecule has 0 aromatic heterocycles. The van der Waals surface area contributed by atoms with Crippen LogP contribution in [0.2, 0.25) is 0 Å². The summed E-state index contributed by atoms with van der Waals surface area (Å²) in [5.74, 6) is -3.22. The first-order valence-electron chi connectivity index (χ1n) is 1.94. The molecule has 0 N–H and O–H groups in total. The van der Waals surface area contributed by atoms with Gasteiger partial charge in [-0.05, 0) is 23.2 Å². The minimum absolute atomic E-state index is 1.51. The van der Waals surface area contributed by atoms with Gasteiger partial charge in [-0.2, -0.15) is 0 Å². The zero-order valence-corrected chi connectivity index (χ0v) is 5.90. The maximum atomic E-state index is 10.1. The Kier molecular flexibility index (Phi) is 3.18. The van der Waals surface area contributed by atoms with Gasteiger partial charge >= 0.3 is 0 Å². The lowest BCUT2D eigenvalue weighted by Gasteiger charge is -1.83. The van der Waals surface area contributed by atoms with Crippen LogP contribution < -0.4 is 0 Å². The van der Waals surface area contributed by atoms with E-state index in [0.717, 1.165) is 0 Å². The number of rotatable bonds is 3. The van der Waals surface area contributed by atoms with Crippen molar-refractivity contribution in [3.05, 3.63) is 0 Å². The van der Waals surface area contributed by atoms with Crippen LogP contribution in [0.5, 0.6) is 0 Å². The van der Waals surface area contributed by atoms with Crippen molar-refractivity contribution in [2.45, 2.75) is 0 Å². The molecule has 0 saturated carbocycles. The topological polar surface area (TPSA) is 68.3 Å². The van der Waals surface area contributed by atoms with E-state index in [1.54, 1.807) is 0 Å². The van der Waals surface area contributed by atoms with Crippen molar-refractivity contribution in [3.8, 4) is 0 Å². The second-order valence-electron chi connectivity index (χ2n) is 1.21. The summed E-state index contributed by atoms with van der Waals surface area (Å²) in [6, 6.07) is 0. The molecule has 4 nitrogen and oxygen atoms in total. The predicted octanol–water partition coefficient (Wildman–Crippen LogP) is -0.345. The van der Waals surface area contributed by atoms with Crippen LogP contribution in [0.4, 0.5) is 0 Å². The van der Waals surface area contributed by atoms with E-state index in [9.17, 15) is 19.2 Å². The highest BCUT2D eigenvalue weighted by molar-refractivity contribution is 7.02. The smallest absolute Gasteiger partial charge is 0.280 e. The Morgan fingerprint density at radius 2 is 0.900 bits per heavy atom. The van der Waals surface area contributed by atoms with Gasteiger partial charge in [-0.25, -0.2) is 0 Å². The summed E-state index contributed by atoms with van der Waals surface area (Å²) in [6.45, 7) is 0. The molecular formula is C4Cl2O4. The molecular weight excluding hydrogens is 183 g/mol. The molecule has 0 heterocycles. The largest absolute Gasteiger partial charge is 0.296 e. The van der Waals surface area contributed by atoms with E-state index in [2.05, 4.69) is 23.2 Å². The van der Waals surface area contributed by atoms with E-state index in [1.165, 1.54) is 0 Å². The molecule has 0 saturated heterocycles. The van der Waals surface area contributed by atoms with Gasteiger partial charge in [0.15, 0.2) is 0 Å². The third kappa shape index (κ3) is 2.24. The first-order chi connectivity index (χ1) is 4.46. The summed E-state index contributed by atoms with van der Waals surface area (Å²) in [7, 11) is 0. The van der Waals surface area contributed by atoms with Crippen molar-refractivity contribution in [2.75, 3.05) is 0 Å². The van der Waals surface area contributed by atoms with Gasteiger partial charge in [0.1, 0.15) is 0 Å². The van der Waals surface area contributed by atoms with E-state index in [0.29, 0.717) is 0 Å². The fraction of sp³-hybridized carbons (Fsp3) is 0. The number of halogens is 2. The molecule has 0 aromatic rings. The van der Waals surface area contributed by atoms with Crippen LogP contribution in [-0.2, 0) is 19.2 Å². The van der Waals surface area contributed by atoms with Crippen molar-refractivity contribution in [2.24, 2.45) is 0 Å². The first-order valence-corrected chi connectivity index (χ1v) is 2.70. The molecule has 0 rings (SSSR count). The Hall–Kier alpha value is -0.740. The van der Waals surface area contributed by atoms with Crippen LogP contribution in [-0.4, -0.2) is 22.1 Å². The van der Waals surface area contributed by atoms with Crippen molar-refractivity contribution >= 4 is 45.3 Å². The summed E-state index contributed by atoms with van der Waals surface area (Å²) in [5, 5.41) is -3.03. The van der Waals surface area contributed by atoms with Gasteiger partial charge < -0.3 is 0 Å². The number of hydrogen-bond acceptors (Lipinski definition) is 4. The predicted molar refractivity (Wildman–Crippen MR) is 31.7 cm³/mol. The van der Waals surface area contributed by atoms with E-state index < -0.39 is 22.1 Å². The van der Waals surface area contributed by atoms with E-state index in [-0.39, 0.29) is 0 Å². The Labute approximate surface area is 65.1 Å². The average molecular weight is 183 g/mol. The van der Waals surface area contributed by atoms with Gasteiger partial charge in [-0.15, -0.1) is 0 Å². The monoisotopic (exact) mass is 182 g/mol. The minimum atomic E-state index is -1.61. The maximum Gasteiger partial charge on any atom is 0.296 e. The van der Waals surface area contributed by atoms with E-state index >= 15 is 0 Å². The second kappa shape index (κ2) is 3.43. The van der Waals surface area contributed by atoms with Crippen LogP contribution in [0.25, 0.3) is 0 Å². The molecule has 0 aliphatic rings. The summed E-state index contributed by atoms with van der Waals surface area (Å²) < 4.78 is 0. The fourth-order valence-electron chi connectivity index (χ4n) is 0.179. The quantitative estimate of drug-likeness (QED) is 0.340. The summed E-state index contributed by atoms with van der Waals surface area (Å²) >= 11 is 9.09. The molecule has 0 bridgehead atoms. The molecule has 0 atom stereocenters. The van der Waals surface area contributed by atoms with Gasteiger partial charge in [0.25, 0.3) is 22.1 Å². The van der Waals surface area contributed by atoms with Crippen molar-refractivity contribution < 1.29 is 19.2 Å². The number of ketones is 2. The van der Waals surface area contributed by atoms with Crippen molar-refractivity contribution in [1.29, 1.82) is 0 Å². The first kappa shape index (κ1) is 9.26. The lowest BCUT2D eigenvalue weighted by Crippen LogP contribution is -2.24. The van der Waals surface area contributed by atoms with Gasteiger partial charge in [0.05, 0.1) is 0 Å². The van der Waals surface area contributed by atoms with Gasteiger partial charge in [-0.3, -0.25) is 19.2 Å². The Balaban J connectivity index is 4.39. The third-order valence-electron chi connectivity index (χ3n) is 0.563. The van der Waals surface area contributed by atoms with Crippen LogP contribution in [0, 0.1) is 0 Å². The normalized spacial score (nSPS) is 8.60. The zero-order chi connectivity index (χ0) is 8.31. The second-order valence-corrected chi connectivity index (χ2v) is 1.89. The highest BCUT2D eigenvalue weighted by Crippen LogP contribution is 1.89. The van der Waals surface area contributed by atoms with Gasteiger partial charge in [0, 0.05) is 0 Å².